The van der Waals surface area contributed by atoms with Crippen LogP contribution >= 0.6 is 0 Å². The van der Waals surface area contributed by atoms with Gasteiger partial charge in [0.05, 0.1) is 11.8 Å². The molecule has 1 atom stereocenters. The first-order chi connectivity index (χ1) is 12.2. The molecule has 5 heteroatoms. The van der Waals surface area contributed by atoms with Crippen LogP contribution in [0.5, 0.6) is 0 Å². The Kier molecular flexibility index (Phi) is 3.56. The molecule has 5 nitrogen and oxygen atoms in total. The molecule has 2 aromatic carbocycles. The van der Waals surface area contributed by atoms with Gasteiger partial charge in [0.2, 0.25) is 0 Å². The molecule has 0 fully saturated rings. The summed E-state index contributed by atoms with van der Waals surface area (Å²) in [7, 11) is 0. The van der Waals surface area contributed by atoms with Gasteiger partial charge in [-0.2, -0.15) is 5.26 Å². The molecule has 1 aromatic heterocycles. The lowest BCUT2D eigenvalue weighted by atomic mass is 9.87. The predicted molar refractivity (Wildman–Crippen MR) is 94.9 cm³/mol. The van der Waals surface area contributed by atoms with Gasteiger partial charge in [-0.25, -0.2) is 0 Å². The summed E-state index contributed by atoms with van der Waals surface area (Å²) in [4.78, 5) is 17.9. The summed E-state index contributed by atoms with van der Waals surface area (Å²) in [5.74, 6) is -0.364. The number of carbonyl (C=O) groups excluding carboxylic acids is 1. The maximum atomic E-state index is 13.2. The van der Waals surface area contributed by atoms with Gasteiger partial charge in [0.1, 0.15) is 0 Å². The van der Waals surface area contributed by atoms with Crippen LogP contribution in [0.2, 0.25) is 0 Å². The second-order valence-electron chi connectivity index (χ2n) is 6.19. The zero-order valence-corrected chi connectivity index (χ0v) is 13.6. The third-order valence-corrected chi connectivity index (χ3v) is 4.79. The number of nitrogens with one attached hydrogen (secondary N) is 1. The molecule has 1 amide bonds. The second kappa shape index (κ2) is 5.76. The minimum Gasteiger partial charge on any atom is -0.372 e. The second-order valence-corrected chi connectivity index (χ2v) is 6.19. The minimum atomic E-state index is -1.72. The summed E-state index contributed by atoms with van der Waals surface area (Å²) in [5, 5.41) is 21.1. The number of carbonyl (C=O) groups is 1. The van der Waals surface area contributed by atoms with Crippen molar-refractivity contribution in [2.24, 2.45) is 0 Å². The molecule has 2 N–H and O–H groups in total. The van der Waals surface area contributed by atoms with E-state index in [1.165, 1.54) is 0 Å². The smallest absolute Gasteiger partial charge is 0.268 e. The lowest BCUT2D eigenvalue weighted by molar-refractivity contribution is -0.132. The first-order valence-electron chi connectivity index (χ1n) is 8.25. The van der Waals surface area contributed by atoms with Crippen LogP contribution in [0.1, 0.15) is 24.0 Å². The van der Waals surface area contributed by atoms with Crippen molar-refractivity contribution in [1.82, 2.24) is 4.98 Å². The Bertz CT molecular complexity index is 1000. The number of hydrogen-bond donors (Lipinski definition) is 2. The zero-order valence-electron chi connectivity index (χ0n) is 13.6. The molecule has 2 heterocycles. The number of para-hydroxylation sites is 2. The zero-order chi connectivity index (χ0) is 17.4. The van der Waals surface area contributed by atoms with E-state index in [9.17, 15) is 9.90 Å². The number of aromatic amines is 1. The van der Waals surface area contributed by atoms with E-state index >= 15 is 0 Å². The van der Waals surface area contributed by atoms with Crippen molar-refractivity contribution in [1.29, 1.82) is 5.26 Å². The van der Waals surface area contributed by atoms with Crippen LogP contribution in [0.3, 0.4) is 0 Å². The Morgan fingerprint density at radius 3 is 2.72 bits per heavy atom. The van der Waals surface area contributed by atoms with Crippen LogP contribution in [-0.4, -0.2) is 22.5 Å². The van der Waals surface area contributed by atoms with Crippen LogP contribution < -0.4 is 4.90 Å². The summed E-state index contributed by atoms with van der Waals surface area (Å²) >= 11 is 0. The maximum Gasteiger partial charge on any atom is 0.268 e. The van der Waals surface area contributed by atoms with Crippen molar-refractivity contribution in [2.45, 2.75) is 18.4 Å². The fraction of sp³-hybridized carbons (Fsp3) is 0.200. The molecule has 0 unspecified atom stereocenters. The normalized spacial score (nSPS) is 19.2. The van der Waals surface area contributed by atoms with Gasteiger partial charge in [-0.3, -0.25) is 4.79 Å². The number of aliphatic hydroxyl groups is 1. The van der Waals surface area contributed by atoms with E-state index in [1.807, 2.05) is 42.5 Å². The number of nitriles is 1. The number of fused-ring (bicyclic) bond motifs is 2. The third kappa shape index (κ3) is 2.15. The van der Waals surface area contributed by atoms with Crippen molar-refractivity contribution in [3.63, 3.8) is 0 Å². The van der Waals surface area contributed by atoms with Gasteiger partial charge >= 0.3 is 0 Å². The monoisotopic (exact) mass is 331 g/mol. The van der Waals surface area contributed by atoms with Crippen molar-refractivity contribution in [2.75, 3.05) is 11.4 Å². The molecule has 0 radical (unpaired) electrons. The van der Waals surface area contributed by atoms with Gasteiger partial charge in [-0.15, -0.1) is 0 Å². The van der Waals surface area contributed by atoms with Crippen LogP contribution in [0.15, 0.2) is 54.7 Å². The lowest BCUT2D eigenvalue weighted by Gasteiger charge is -2.23. The molecule has 0 saturated heterocycles. The molecule has 25 heavy (non-hydrogen) atoms. The average molecular weight is 331 g/mol. The number of hydrogen-bond acceptors (Lipinski definition) is 3. The molecule has 0 spiro atoms. The topological polar surface area (TPSA) is 80.1 Å². The fourth-order valence-corrected chi connectivity index (χ4v) is 3.60. The maximum absolute atomic E-state index is 13.2. The number of anilines is 1. The third-order valence-electron chi connectivity index (χ3n) is 4.79. The molecule has 124 valence electrons. The number of unbranched alkanes of at least 4 members (excludes halogenated alkanes) is 1. The minimum absolute atomic E-state index is 0.364. The summed E-state index contributed by atoms with van der Waals surface area (Å²) in [6.07, 6.45) is 2.65. The molecule has 1 aliphatic rings. The first kappa shape index (κ1) is 15.4. The van der Waals surface area contributed by atoms with Gasteiger partial charge in [-0.1, -0.05) is 36.4 Å². The van der Waals surface area contributed by atoms with E-state index in [1.54, 1.807) is 17.2 Å². The summed E-state index contributed by atoms with van der Waals surface area (Å²) < 4.78 is 0. The lowest BCUT2D eigenvalue weighted by Crippen LogP contribution is -2.41. The van der Waals surface area contributed by atoms with Gasteiger partial charge in [0.25, 0.3) is 5.91 Å². The van der Waals surface area contributed by atoms with E-state index in [2.05, 4.69) is 11.1 Å². The molecule has 1 aliphatic heterocycles. The number of rotatable bonds is 4. The van der Waals surface area contributed by atoms with E-state index < -0.39 is 5.60 Å². The van der Waals surface area contributed by atoms with Crippen molar-refractivity contribution in [3.8, 4) is 6.07 Å². The quantitative estimate of drug-likeness (QED) is 0.721. The number of benzene rings is 2. The van der Waals surface area contributed by atoms with Crippen LogP contribution in [0, 0.1) is 11.3 Å². The highest BCUT2D eigenvalue weighted by molar-refractivity contribution is 6.11. The summed E-state index contributed by atoms with van der Waals surface area (Å²) in [5.41, 5.74) is 1.01. The van der Waals surface area contributed by atoms with E-state index in [0.717, 1.165) is 10.9 Å². The van der Waals surface area contributed by atoms with E-state index in [4.69, 9.17) is 5.26 Å². The molecular formula is C20H17N3O2. The molecule has 3 aromatic rings. The van der Waals surface area contributed by atoms with Crippen molar-refractivity contribution < 1.29 is 9.90 Å². The SMILES string of the molecule is N#CCCCN1C(=O)[C@@](O)(c2c[nH]c3ccccc23)c2ccccc21. The Morgan fingerprint density at radius 2 is 1.88 bits per heavy atom. The largest absolute Gasteiger partial charge is 0.372 e. The van der Waals surface area contributed by atoms with Crippen molar-refractivity contribution in [3.05, 3.63) is 65.9 Å². The summed E-state index contributed by atoms with van der Waals surface area (Å²) in [6, 6.07) is 17.0. The van der Waals surface area contributed by atoms with Gasteiger partial charge in [0, 0.05) is 41.2 Å². The van der Waals surface area contributed by atoms with Crippen LogP contribution in [0.25, 0.3) is 10.9 Å². The molecular weight excluding hydrogens is 314 g/mol. The highest BCUT2D eigenvalue weighted by Gasteiger charge is 2.51. The Balaban J connectivity index is 1.87. The van der Waals surface area contributed by atoms with E-state index in [-0.39, 0.29) is 5.91 Å². The Hall–Kier alpha value is -3.10. The number of nitrogens with zero attached hydrogens (tertiary/aromatic N) is 2. The number of aromatic nitrogens is 1. The first-order valence-corrected chi connectivity index (χ1v) is 8.25. The number of H-pyrrole nitrogens is 1. The van der Waals surface area contributed by atoms with Gasteiger partial charge < -0.3 is 15.0 Å². The van der Waals surface area contributed by atoms with Crippen LogP contribution in [0.4, 0.5) is 5.69 Å². The highest BCUT2D eigenvalue weighted by atomic mass is 16.3. The summed E-state index contributed by atoms with van der Waals surface area (Å²) in [6.45, 7) is 0.411. The molecule has 0 saturated carbocycles. The molecule has 4 rings (SSSR count). The fourth-order valence-electron chi connectivity index (χ4n) is 3.60. The van der Waals surface area contributed by atoms with E-state index in [0.29, 0.717) is 36.2 Å². The molecule has 0 bridgehead atoms. The van der Waals surface area contributed by atoms with Crippen molar-refractivity contribution >= 4 is 22.5 Å². The standard InChI is InChI=1S/C20H17N3O2/c21-11-5-6-12-23-18-10-4-2-8-15(18)20(25,19(23)24)16-13-22-17-9-3-1-7-14(16)17/h1-4,7-10,13,22,25H,5-6,12H2/t20-/m0/s1. The van der Waals surface area contributed by atoms with Crippen LogP contribution in [-0.2, 0) is 10.4 Å². The predicted octanol–water partition coefficient (Wildman–Crippen LogP) is 3.05. The van der Waals surface area contributed by atoms with Gasteiger partial charge in [-0.05, 0) is 18.6 Å². The highest BCUT2D eigenvalue weighted by Crippen LogP contribution is 2.46. The number of amides is 1. The van der Waals surface area contributed by atoms with Gasteiger partial charge in [0.15, 0.2) is 5.60 Å². The average Bonchev–Trinajstić information content (AvgIpc) is 3.16. The Morgan fingerprint density at radius 1 is 1.12 bits per heavy atom. The molecule has 0 aliphatic carbocycles. The Labute approximate surface area is 145 Å².